The lowest BCUT2D eigenvalue weighted by atomic mass is 9.98. The normalized spacial score (nSPS) is 12.7. The highest BCUT2D eigenvalue weighted by Gasteiger charge is 2.33. The first-order chi connectivity index (χ1) is 19.1. The summed E-state index contributed by atoms with van der Waals surface area (Å²) in [6.45, 7) is 11.4. The molecule has 0 aliphatic carbocycles. The van der Waals surface area contributed by atoms with Crippen LogP contribution in [0.5, 0.6) is 5.75 Å². The molecular weight excluding hydrogens is 500 g/mol. The summed E-state index contributed by atoms with van der Waals surface area (Å²) in [5.41, 5.74) is 5.28. The quantitative estimate of drug-likeness (QED) is 0.274. The molecule has 0 fully saturated rings. The first kappa shape index (κ1) is 27.3. The number of pyridine rings is 1. The fourth-order valence-corrected chi connectivity index (χ4v) is 5.27. The van der Waals surface area contributed by atoms with E-state index in [0.29, 0.717) is 24.5 Å². The van der Waals surface area contributed by atoms with Crippen molar-refractivity contribution in [1.82, 2.24) is 30.1 Å². The minimum absolute atomic E-state index is 0.152. The predicted octanol–water partition coefficient (Wildman–Crippen LogP) is 5.69. The van der Waals surface area contributed by atoms with Gasteiger partial charge in [-0.1, -0.05) is 54.1 Å². The van der Waals surface area contributed by atoms with E-state index in [9.17, 15) is 4.79 Å². The third kappa shape index (κ3) is 5.67. The summed E-state index contributed by atoms with van der Waals surface area (Å²) in [5, 5.41) is 14.0. The molecule has 0 unspecified atom stereocenters. The molecule has 8 nitrogen and oxygen atoms in total. The molecule has 0 saturated heterocycles. The molecule has 2 heterocycles. The van der Waals surface area contributed by atoms with Gasteiger partial charge in [-0.3, -0.25) is 9.69 Å². The molecule has 8 heteroatoms. The van der Waals surface area contributed by atoms with E-state index in [1.807, 2.05) is 48.0 Å². The van der Waals surface area contributed by atoms with E-state index in [0.717, 1.165) is 38.9 Å². The fourth-order valence-electron chi connectivity index (χ4n) is 5.27. The number of hydrogen-bond acceptors (Lipinski definition) is 6. The van der Waals surface area contributed by atoms with Gasteiger partial charge in [0, 0.05) is 18.7 Å². The summed E-state index contributed by atoms with van der Waals surface area (Å²) in [6, 6.07) is 24.0. The molecule has 0 radical (unpaired) electrons. The molecule has 1 atom stereocenters. The van der Waals surface area contributed by atoms with Crippen LogP contribution in [0, 0.1) is 13.8 Å². The lowest BCUT2D eigenvalue weighted by Crippen LogP contribution is -2.37. The maximum atomic E-state index is 13.9. The van der Waals surface area contributed by atoms with E-state index < -0.39 is 11.6 Å². The summed E-state index contributed by atoms with van der Waals surface area (Å²) in [4.78, 5) is 19.3. The number of fused-ring (bicyclic) bond motifs is 1. The Labute approximate surface area is 234 Å². The van der Waals surface area contributed by atoms with Crippen LogP contribution in [0.1, 0.15) is 60.5 Å². The van der Waals surface area contributed by atoms with Crippen LogP contribution in [0.15, 0.2) is 77.6 Å². The molecule has 1 N–H and O–H groups in total. The Kier molecular flexibility index (Phi) is 7.54. The van der Waals surface area contributed by atoms with E-state index in [2.05, 4.69) is 89.5 Å². The van der Waals surface area contributed by atoms with E-state index in [4.69, 9.17) is 4.74 Å². The Morgan fingerprint density at radius 1 is 0.950 bits per heavy atom. The average molecular weight is 537 g/mol. The van der Waals surface area contributed by atoms with Gasteiger partial charge in [0.05, 0.1) is 18.2 Å². The lowest BCUT2D eigenvalue weighted by Gasteiger charge is -2.33. The van der Waals surface area contributed by atoms with Crippen molar-refractivity contribution in [3.8, 4) is 5.75 Å². The average Bonchev–Trinajstić information content (AvgIpc) is 3.41. The first-order valence-corrected chi connectivity index (χ1v) is 13.5. The molecule has 2 aromatic heterocycles. The second kappa shape index (κ2) is 11.1. The molecule has 0 aliphatic heterocycles. The molecule has 40 heavy (non-hydrogen) atoms. The summed E-state index contributed by atoms with van der Waals surface area (Å²) >= 11 is 0. The highest BCUT2D eigenvalue weighted by atomic mass is 16.5. The number of methoxy groups -OCH3 is 1. The zero-order valence-electron chi connectivity index (χ0n) is 24.0. The molecule has 3 aromatic carbocycles. The van der Waals surface area contributed by atoms with Crippen LogP contribution in [0.4, 0.5) is 0 Å². The van der Waals surface area contributed by atoms with Crippen LogP contribution in [0.25, 0.3) is 10.9 Å². The number of H-pyrrole nitrogens is 1. The van der Waals surface area contributed by atoms with Gasteiger partial charge in [-0.25, -0.2) is 4.68 Å². The van der Waals surface area contributed by atoms with Gasteiger partial charge in [-0.05, 0) is 91.4 Å². The van der Waals surface area contributed by atoms with Gasteiger partial charge in [-0.15, -0.1) is 5.10 Å². The van der Waals surface area contributed by atoms with Gasteiger partial charge in [0.1, 0.15) is 11.8 Å². The van der Waals surface area contributed by atoms with Crippen LogP contribution < -0.4 is 10.3 Å². The first-order valence-electron chi connectivity index (χ1n) is 13.5. The molecular formula is C32H36N6O2. The van der Waals surface area contributed by atoms with Crippen LogP contribution in [-0.2, 0) is 18.6 Å². The van der Waals surface area contributed by atoms with Crippen LogP contribution >= 0.6 is 0 Å². The van der Waals surface area contributed by atoms with Gasteiger partial charge in [0.25, 0.3) is 5.56 Å². The smallest absolute Gasteiger partial charge is 0.253 e. The lowest BCUT2D eigenvalue weighted by molar-refractivity contribution is 0.184. The Bertz CT molecular complexity index is 1670. The zero-order chi connectivity index (χ0) is 28.4. The minimum Gasteiger partial charge on any atom is -0.497 e. The van der Waals surface area contributed by atoms with E-state index in [1.54, 1.807) is 7.11 Å². The summed E-state index contributed by atoms with van der Waals surface area (Å²) in [6.07, 6.45) is 0. The Balaban J connectivity index is 1.73. The Morgan fingerprint density at radius 3 is 2.27 bits per heavy atom. The number of nitrogens with one attached hydrogen (secondary N) is 1. The molecule has 5 aromatic rings. The number of aromatic nitrogens is 5. The third-order valence-electron chi connectivity index (χ3n) is 7.13. The van der Waals surface area contributed by atoms with Gasteiger partial charge < -0.3 is 9.72 Å². The number of aromatic amines is 1. The number of aryl methyl sites for hydroxylation is 2. The number of hydrogen-bond donors (Lipinski definition) is 1. The van der Waals surface area contributed by atoms with E-state index in [-0.39, 0.29) is 5.56 Å². The van der Waals surface area contributed by atoms with Crippen molar-refractivity contribution in [2.75, 3.05) is 7.11 Å². The topological polar surface area (TPSA) is 88.9 Å². The Hall–Kier alpha value is -4.30. The van der Waals surface area contributed by atoms with Crippen molar-refractivity contribution >= 4 is 10.9 Å². The SMILES string of the molecule is COc1ccc(CN(Cc2ccccc2)[C@H](c2cc3cc(C)cc(C)c3[nH]c2=O)c2nnnn2C(C)(C)C)cc1. The molecule has 0 bridgehead atoms. The van der Waals surface area contributed by atoms with Gasteiger partial charge in [0.15, 0.2) is 5.82 Å². The standard InChI is InChI=1S/C32H36N6O2/c1-21-16-22(2)28-25(17-21)18-27(31(39)33-28)29(30-34-35-36-38(30)32(3,4)5)37(19-23-10-8-7-9-11-23)20-24-12-14-26(40-6)15-13-24/h7-18,29H,19-20H2,1-6H3,(H,33,39)/t29-/m1/s1. The molecule has 5 rings (SSSR count). The van der Waals surface area contributed by atoms with E-state index >= 15 is 0 Å². The fraction of sp³-hybridized carbons (Fsp3) is 0.312. The van der Waals surface area contributed by atoms with E-state index in [1.165, 1.54) is 0 Å². The second-order valence-electron chi connectivity index (χ2n) is 11.4. The van der Waals surface area contributed by atoms with Crippen LogP contribution in [-0.4, -0.2) is 37.2 Å². The number of rotatable bonds is 8. The van der Waals surface area contributed by atoms with Gasteiger partial charge in [0.2, 0.25) is 0 Å². The van der Waals surface area contributed by atoms with Crippen molar-refractivity contribution in [1.29, 1.82) is 0 Å². The molecule has 0 saturated carbocycles. The molecule has 0 spiro atoms. The number of ether oxygens (including phenoxy) is 1. The predicted molar refractivity (Wildman–Crippen MR) is 157 cm³/mol. The highest BCUT2D eigenvalue weighted by molar-refractivity contribution is 5.83. The summed E-state index contributed by atoms with van der Waals surface area (Å²) < 4.78 is 7.21. The van der Waals surface area contributed by atoms with Crippen molar-refractivity contribution < 1.29 is 4.74 Å². The van der Waals surface area contributed by atoms with Crippen molar-refractivity contribution in [3.63, 3.8) is 0 Å². The zero-order valence-corrected chi connectivity index (χ0v) is 24.0. The Morgan fingerprint density at radius 2 is 1.62 bits per heavy atom. The molecule has 0 amide bonds. The highest BCUT2D eigenvalue weighted by Crippen LogP contribution is 2.32. The summed E-state index contributed by atoms with van der Waals surface area (Å²) in [7, 11) is 1.66. The molecule has 0 aliphatic rings. The number of nitrogens with zero attached hydrogens (tertiary/aromatic N) is 5. The maximum absolute atomic E-state index is 13.9. The number of tetrazole rings is 1. The largest absolute Gasteiger partial charge is 0.497 e. The van der Waals surface area contributed by atoms with Gasteiger partial charge in [-0.2, -0.15) is 0 Å². The third-order valence-corrected chi connectivity index (χ3v) is 7.13. The maximum Gasteiger partial charge on any atom is 0.253 e. The van der Waals surface area contributed by atoms with Crippen molar-refractivity contribution in [3.05, 3.63) is 117 Å². The summed E-state index contributed by atoms with van der Waals surface area (Å²) in [5.74, 6) is 1.41. The van der Waals surface area contributed by atoms with Crippen LogP contribution in [0.3, 0.4) is 0 Å². The van der Waals surface area contributed by atoms with Gasteiger partial charge >= 0.3 is 0 Å². The van der Waals surface area contributed by atoms with Crippen molar-refractivity contribution in [2.45, 2.75) is 59.3 Å². The van der Waals surface area contributed by atoms with Crippen molar-refractivity contribution in [2.24, 2.45) is 0 Å². The second-order valence-corrected chi connectivity index (χ2v) is 11.4. The monoisotopic (exact) mass is 536 g/mol. The minimum atomic E-state index is -0.523. The number of benzene rings is 3. The molecule has 206 valence electrons. The van der Waals surface area contributed by atoms with Crippen LogP contribution in [0.2, 0.25) is 0 Å².